The average Bonchev–Trinajstić information content (AvgIpc) is 2.99. The molecule has 3 N–H and O–H groups in total. The van der Waals surface area contributed by atoms with Gasteiger partial charge >= 0.3 is 0 Å². The summed E-state index contributed by atoms with van der Waals surface area (Å²) in [6.45, 7) is 7.29. The predicted molar refractivity (Wildman–Crippen MR) is 65.1 cm³/mol. The highest BCUT2D eigenvalue weighted by Crippen LogP contribution is 2.36. The molecule has 1 aliphatic carbocycles. The Morgan fingerprint density at radius 1 is 1.75 bits per heavy atom. The van der Waals surface area contributed by atoms with Crippen LogP contribution in [0.5, 0.6) is 0 Å². The second-order valence-electron chi connectivity index (χ2n) is 4.58. The van der Waals surface area contributed by atoms with Crippen molar-refractivity contribution in [1.29, 1.82) is 0 Å². The van der Waals surface area contributed by atoms with Gasteiger partial charge in [0.2, 0.25) is 0 Å². The Kier molecular flexibility index (Phi) is 3.41. The summed E-state index contributed by atoms with van der Waals surface area (Å²) in [5, 5.41) is 3.41. The first-order chi connectivity index (χ1) is 7.72. The second-order valence-corrected chi connectivity index (χ2v) is 4.58. The molecule has 0 saturated heterocycles. The van der Waals surface area contributed by atoms with Gasteiger partial charge in [0, 0.05) is 25.3 Å². The van der Waals surface area contributed by atoms with Gasteiger partial charge in [0.25, 0.3) is 0 Å². The lowest BCUT2D eigenvalue weighted by Crippen LogP contribution is -2.31. The van der Waals surface area contributed by atoms with Gasteiger partial charge in [0.1, 0.15) is 0 Å². The standard InChI is InChI=1S/C12H20N4/c1-9(2)6-15-11(5-13)12-7-14-8-16(12)10-3-4-10/h7-8,10-11,15H,1,3-6,13H2,2H3. The first-order valence-electron chi connectivity index (χ1n) is 5.82. The quantitative estimate of drug-likeness (QED) is 0.712. The molecule has 0 aliphatic heterocycles. The fourth-order valence-corrected chi connectivity index (χ4v) is 1.85. The van der Waals surface area contributed by atoms with E-state index in [9.17, 15) is 0 Å². The largest absolute Gasteiger partial charge is 0.330 e. The zero-order chi connectivity index (χ0) is 11.5. The second kappa shape index (κ2) is 4.80. The predicted octanol–water partition coefficient (Wildman–Crippen LogP) is 1.38. The van der Waals surface area contributed by atoms with Crippen molar-refractivity contribution in [3.05, 3.63) is 30.4 Å². The first-order valence-corrected chi connectivity index (χ1v) is 5.82. The fourth-order valence-electron chi connectivity index (χ4n) is 1.85. The summed E-state index contributed by atoms with van der Waals surface area (Å²) in [5.41, 5.74) is 8.13. The van der Waals surface area contributed by atoms with Crippen LogP contribution < -0.4 is 11.1 Å². The van der Waals surface area contributed by atoms with Gasteiger partial charge in [-0.2, -0.15) is 0 Å². The minimum absolute atomic E-state index is 0.180. The van der Waals surface area contributed by atoms with E-state index >= 15 is 0 Å². The van der Waals surface area contributed by atoms with Crippen LogP contribution in [-0.2, 0) is 0 Å². The molecule has 1 saturated carbocycles. The molecule has 1 heterocycles. The third-order valence-electron chi connectivity index (χ3n) is 2.88. The molecular weight excluding hydrogens is 200 g/mol. The molecule has 0 radical (unpaired) electrons. The van der Waals surface area contributed by atoms with Gasteiger partial charge in [0.05, 0.1) is 18.1 Å². The smallest absolute Gasteiger partial charge is 0.0951 e. The van der Waals surface area contributed by atoms with Crippen LogP contribution in [0.25, 0.3) is 0 Å². The number of imidazole rings is 1. The van der Waals surface area contributed by atoms with Gasteiger partial charge in [-0.3, -0.25) is 0 Å². The molecule has 1 aromatic heterocycles. The lowest BCUT2D eigenvalue weighted by molar-refractivity contribution is 0.522. The van der Waals surface area contributed by atoms with Crippen molar-refractivity contribution < 1.29 is 0 Å². The van der Waals surface area contributed by atoms with E-state index in [4.69, 9.17) is 5.73 Å². The van der Waals surface area contributed by atoms with Crippen LogP contribution in [-0.4, -0.2) is 22.6 Å². The van der Waals surface area contributed by atoms with E-state index in [1.807, 2.05) is 19.4 Å². The summed E-state index contributed by atoms with van der Waals surface area (Å²) in [6.07, 6.45) is 6.36. The maximum atomic E-state index is 5.81. The van der Waals surface area contributed by atoms with Crippen LogP contribution in [0.15, 0.2) is 24.7 Å². The van der Waals surface area contributed by atoms with Crippen molar-refractivity contribution in [2.75, 3.05) is 13.1 Å². The molecule has 16 heavy (non-hydrogen) atoms. The summed E-state index contributed by atoms with van der Waals surface area (Å²) < 4.78 is 2.25. The number of aromatic nitrogens is 2. The van der Waals surface area contributed by atoms with Crippen molar-refractivity contribution in [2.45, 2.75) is 31.8 Å². The van der Waals surface area contributed by atoms with Gasteiger partial charge in [-0.25, -0.2) is 4.98 Å². The van der Waals surface area contributed by atoms with Crippen molar-refractivity contribution in [2.24, 2.45) is 5.73 Å². The molecule has 2 rings (SSSR count). The molecule has 4 heteroatoms. The van der Waals surface area contributed by atoms with Crippen molar-refractivity contribution >= 4 is 0 Å². The van der Waals surface area contributed by atoms with E-state index in [-0.39, 0.29) is 6.04 Å². The van der Waals surface area contributed by atoms with Crippen LogP contribution in [0.1, 0.15) is 37.5 Å². The normalized spacial score (nSPS) is 17.4. The summed E-state index contributed by atoms with van der Waals surface area (Å²) in [7, 11) is 0. The lowest BCUT2D eigenvalue weighted by atomic mass is 10.2. The molecule has 0 amide bonds. The molecule has 0 spiro atoms. The number of nitrogens with two attached hydrogens (primary N) is 1. The maximum absolute atomic E-state index is 5.81. The Balaban J connectivity index is 2.06. The number of nitrogens with zero attached hydrogens (tertiary/aromatic N) is 2. The zero-order valence-corrected chi connectivity index (χ0v) is 9.82. The molecule has 1 aliphatic rings. The van der Waals surface area contributed by atoms with Crippen LogP contribution in [0.3, 0.4) is 0 Å². The monoisotopic (exact) mass is 220 g/mol. The Hall–Kier alpha value is -1.13. The highest BCUT2D eigenvalue weighted by atomic mass is 15.1. The van der Waals surface area contributed by atoms with Gasteiger partial charge in [0.15, 0.2) is 0 Å². The SMILES string of the molecule is C=C(C)CNC(CN)c1cncn1C1CC1. The summed E-state index contributed by atoms with van der Waals surface area (Å²) in [6, 6.07) is 0.831. The van der Waals surface area contributed by atoms with E-state index in [0.717, 1.165) is 12.1 Å². The first kappa shape index (κ1) is 11.4. The topological polar surface area (TPSA) is 55.9 Å². The number of hydrogen-bond acceptors (Lipinski definition) is 3. The molecule has 1 fully saturated rings. The summed E-state index contributed by atoms with van der Waals surface area (Å²) in [4.78, 5) is 4.22. The molecule has 1 aromatic rings. The van der Waals surface area contributed by atoms with Crippen molar-refractivity contribution in [1.82, 2.24) is 14.9 Å². The lowest BCUT2D eigenvalue weighted by Gasteiger charge is -2.18. The van der Waals surface area contributed by atoms with Gasteiger partial charge < -0.3 is 15.6 Å². The number of hydrogen-bond donors (Lipinski definition) is 2. The average molecular weight is 220 g/mol. The number of nitrogens with one attached hydrogen (secondary N) is 1. The molecular formula is C12H20N4. The van der Waals surface area contributed by atoms with E-state index in [0.29, 0.717) is 12.6 Å². The molecule has 4 nitrogen and oxygen atoms in total. The summed E-state index contributed by atoms with van der Waals surface area (Å²) in [5.74, 6) is 0. The molecule has 1 unspecified atom stereocenters. The zero-order valence-electron chi connectivity index (χ0n) is 9.82. The van der Waals surface area contributed by atoms with E-state index in [1.165, 1.54) is 18.5 Å². The van der Waals surface area contributed by atoms with Gasteiger partial charge in [-0.1, -0.05) is 12.2 Å². The molecule has 88 valence electrons. The molecule has 1 atom stereocenters. The Labute approximate surface area is 96.5 Å². The van der Waals surface area contributed by atoms with Gasteiger partial charge in [-0.05, 0) is 19.8 Å². The Morgan fingerprint density at radius 2 is 2.50 bits per heavy atom. The van der Waals surface area contributed by atoms with Crippen LogP contribution in [0.4, 0.5) is 0 Å². The van der Waals surface area contributed by atoms with E-state index in [1.54, 1.807) is 0 Å². The van der Waals surface area contributed by atoms with Crippen LogP contribution >= 0.6 is 0 Å². The molecule has 0 bridgehead atoms. The number of rotatable bonds is 6. The van der Waals surface area contributed by atoms with Crippen LogP contribution in [0.2, 0.25) is 0 Å². The van der Waals surface area contributed by atoms with E-state index < -0.39 is 0 Å². The Morgan fingerprint density at radius 3 is 3.06 bits per heavy atom. The Bertz CT molecular complexity index is 365. The highest BCUT2D eigenvalue weighted by Gasteiger charge is 2.27. The van der Waals surface area contributed by atoms with Crippen molar-refractivity contribution in [3.63, 3.8) is 0 Å². The van der Waals surface area contributed by atoms with E-state index in [2.05, 4.69) is 21.4 Å². The van der Waals surface area contributed by atoms with Gasteiger partial charge in [-0.15, -0.1) is 0 Å². The highest BCUT2D eigenvalue weighted by molar-refractivity contribution is 5.10. The van der Waals surface area contributed by atoms with Crippen molar-refractivity contribution in [3.8, 4) is 0 Å². The fraction of sp³-hybridized carbons (Fsp3) is 0.583. The minimum Gasteiger partial charge on any atom is -0.330 e. The summed E-state index contributed by atoms with van der Waals surface area (Å²) >= 11 is 0. The third kappa shape index (κ3) is 2.51. The molecule has 0 aromatic carbocycles. The maximum Gasteiger partial charge on any atom is 0.0951 e. The third-order valence-corrected chi connectivity index (χ3v) is 2.88. The minimum atomic E-state index is 0.180. The van der Waals surface area contributed by atoms with Crippen LogP contribution in [0, 0.1) is 0 Å².